The number of hydrogen-bond acceptors (Lipinski definition) is 4. The molecule has 24 heavy (non-hydrogen) atoms. The predicted molar refractivity (Wildman–Crippen MR) is 102 cm³/mol. The molecule has 2 aromatic heterocycles. The summed E-state index contributed by atoms with van der Waals surface area (Å²) >= 11 is 9.72. The quantitative estimate of drug-likeness (QED) is 0.714. The maximum Gasteiger partial charge on any atom is 0.304 e. The Balaban J connectivity index is 1.70. The van der Waals surface area contributed by atoms with E-state index in [1.807, 2.05) is 11.4 Å². The first kappa shape index (κ1) is 17.7. The van der Waals surface area contributed by atoms with E-state index in [1.54, 1.807) is 22.7 Å². The lowest BCUT2D eigenvalue weighted by Gasteiger charge is -2.22. The van der Waals surface area contributed by atoms with Crippen molar-refractivity contribution >= 4 is 45.8 Å². The predicted octanol–water partition coefficient (Wildman–Crippen LogP) is 5.22. The highest BCUT2D eigenvalue weighted by Gasteiger charge is 2.25. The Bertz CT molecular complexity index is 708. The molecule has 6 heteroatoms. The van der Waals surface area contributed by atoms with Crippen LogP contribution in [0.2, 0.25) is 5.02 Å². The second-order valence-corrected chi connectivity index (χ2v) is 8.18. The van der Waals surface area contributed by atoms with Crippen LogP contribution in [-0.4, -0.2) is 35.1 Å². The van der Waals surface area contributed by atoms with Gasteiger partial charge in [0.2, 0.25) is 0 Å². The van der Waals surface area contributed by atoms with Gasteiger partial charge in [0.05, 0.1) is 16.3 Å². The standard InChI is InChI=1S/C18H20ClNO2S2/c19-15-7-11-24-18(15)14(16-6-3-10-23-16)5-2-9-20-8-1-4-13(20)12-17(21)22/h3,5-7,10-11,13H,1-2,4,8-9,12H2,(H,21,22)/t13-/m0/s1. The van der Waals surface area contributed by atoms with Crippen molar-refractivity contribution in [2.75, 3.05) is 13.1 Å². The molecule has 1 fully saturated rings. The summed E-state index contributed by atoms with van der Waals surface area (Å²) in [6.45, 7) is 1.90. The van der Waals surface area contributed by atoms with Gasteiger partial charge in [0.15, 0.2) is 0 Å². The van der Waals surface area contributed by atoms with E-state index in [0.29, 0.717) is 0 Å². The van der Waals surface area contributed by atoms with Crippen molar-refractivity contribution in [2.24, 2.45) is 0 Å². The van der Waals surface area contributed by atoms with Gasteiger partial charge in [-0.1, -0.05) is 23.7 Å². The number of thiophene rings is 2. The third-order valence-electron chi connectivity index (χ3n) is 4.32. The van der Waals surface area contributed by atoms with Gasteiger partial charge in [0.1, 0.15) is 0 Å². The van der Waals surface area contributed by atoms with Gasteiger partial charge in [-0.05, 0) is 48.7 Å². The van der Waals surface area contributed by atoms with Crippen LogP contribution in [0, 0.1) is 0 Å². The highest BCUT2D eigenvalue weighted by Crippen LogP contribution is 2.36. The van der Waals surface area contributed by atoms with Gasteiger partial charge >= 0.3 is 5.97 Å². The van der Waals surface area contributed by atoms with Gasteiger partial charge in [-0.15, -0.1) is 22.7 Å². The molecule has 128 valence electrons. The molecule has 2 aromatic rings. The topological polar surface area (TPSA) is 40.5 Å². The third kappa shape index (κ3) is 4.28. The molecular weight excluding hydrogens is 362 g/mol. The Kier molecular flexibility index (Phi) is 6.11. The minimum Gasteiger partial charge on any atom is -0.481 e. The van der Waals surface area contributed by atoms with Gasteiger partial charge in [0, 0.05) is 23.0 Å². The maximum absolute atomic E-state index is 11.0. The summed E-state index contributed by atoms with van der Waals surface area (Å²) in [4.78, 5) is 15.6. The van der Waals surface area contributed by atoms with Crippen molar-refractivity contribution in [3.8, 4) is 0 Å². The van der Waals surface area contributed by atoms with Gasteiger partial charge in [0.25, 0.3) is 0 Å². The number of hydrogen-bond donors (Lipinski definition) is 1. The number of carbonyl (C=O) groups is 1. The van der Waals surface area contributed by atoms with Crippen LogP contribution in [0.5, 0.6) is 0 Å². The summed E-state index contributed by atoms with van der Waals surface area (Å²) in [5.74, 6) is -0.702. The molecule has 3 nitrogen and oxygen atoms in total. The third-order valence-corrected chi connectivity index (χ3v) is 6.60. The van der Waals surface area contributed by atoms with E-state index in [2.05, 4.69) is 28.5 Å². The van der Waals surface area contributed by atoms with Gasteiger partial charge in [-0.2, -0.15) is 0 Å². The number of aliphatic carboxylic acids is 1. The fourth-order valence-corrected chi connectivity index (χ4v) is 5.27. The first-order chi connectivity index (χ1) is 11.6. The molecule has 1 aliphatic heterocycles. The second kappa shape index (κ2) is 8.30. The number of likely N-dealkylation sites (tertiary alicyclic amines) is 1. The lowest BCUT2D eigenvalue weighted by atomic mass is 10.1. The zero-order valence-corrected chi connectivity index (χ0v) is 15.7. The number of nitrogens with zero attached hydrogens (tertiary/aromatic N) is 1. The zero-order chi connectivity index (χ0) is 16.9. The average Bonchev–Trinajstić information content (AvgIpc) is 3.26. The van der Waals surface area contributed by atoms with E-state index < -0.39 is 5.97 Å². The number of rotatable bonds is 7. The molecule has 1 aliphatic rings. The van der Waals surface area contributed by atoms with E-state index in [4.69, 9.17) is 16.7 Å². The van der Waals surface area contributed by atoms with E-state index in [0.717, 1.165) is 42.3 Å². The molecule has 0 bridgehead atoms. The zero-order valence-electron chi connectivity index (χ0n) is 13.3. The molecule has 1 saturated heterocycles. The lowest BCUT2D eigenvalue weighted by molar-refractivity contribution is -0.138. The summed E-state index contributed by atoms with van der Waals surface area (Å²) < 4.78 is 0. The van der Waals surface area contributed by atoms with Crippen LogP contribution in [-0.2, 0) is 4.79 Å². The van der Waals surface area contributed by atoms with Crippen molar-refractivity contribution < 1.29 is 9.90 Å². The molecular formula is C18H20ClNO2S2. The van der Waals surface area contributed by atoms with Gasteiger partial charge in [-0.25, -0.2) is 0 Å². The van der Waals surface area contributed by atoms with E-state index in [1.165, 1.54) is 10.5 Å². The summed E-state index contributed by atoms with van der Waals surface area (Å²) in [6, 6.07) is 6.30. The largest absolute Gasteiger partial charge is 0.481 e. The Hall–Kier alpha value is -1.14. The van der Waals surface area contributed by atoms with Crippen LogP contribution < -0.4 is 0 Å². The first-order valence-corrected chi connectivity index (χ1v) is 10.2. The van der Waals surface area contributed by atoms with Crippen LogP contribution in [0.1, 0.15) is 35.4 Å². The Morgan fingerprint density at radius 3 is 2.92 bits per heavy atom. The van der Waals surface area contributed by atoms with Gasteiger partial charge in [-0.3, -0.25) is 9.69 Å². The lowest BCUT2D eigenvalue weighted by Crippen LogP contribution is -2.32. The molecule has 0 saturated carbocycles. The van der Waals surface area contributed by atoms with Crippen molar-refractivity contribution in [1.82, 2.24) is 4.90 Å². The highest BCUT2D eigenvalue weighted by molar-refractivity contribution is 7.14. The summed E-state index contributed by atoms with van der Waals surface area (Å²) in [5.41, 5.74) is 1.19. The molecule has 3 heterocycles. The number of carboxylic acid groups (broad SMARTS) is 1. The second-order valence-electron chi connectivity index (χ2n) is 5.91. The van der Waals surface area contributed by atoms with Crippen molar-refractivity contribution in [2.45, 2.75) is 31.7 Å². The fraction of sp³-hybridized carbons (Fsp3) is 0.389. The summed E-state index contributed by atoms with van der Waals surface area (Å²) in [7, 11) is 0. The van der Waals surface area contributed by atoms with Crippen LogP contribution in [0.3, 0.4) is 0 Å². The van der Waals surface area contributed by atoms with Crippen LogP contribution in [0.25, 0.3) is 5.57 Å². The fourth-order valence-electron chi connectivity index (χ4n) is 3.22. The van der Waals surface area contributed by atoms with Crippen molar-refractivity contribution in [1.29, 1.82) is 0 Å². The minimum absolute atomic E-state index is 0.186. The number of halogens is 1. The molecule has 0 unspecified atom stereocenters. The first-order valence-electron chi connectivity index (χ1n) is 8.08. The van der Waals surface area contributed by atoms with Crippen LogP contribution in [0.15, 0.2) is 35.0 Å². The number of carboxylic acids is 1. The molecule has 0 spiro atoms. The Labute approximate surface area is 155 Å². The molecule has 0 radical (unpaired) electrons. The summed E-state index contributed by atoms with van der Waals surface area (Å²) in [5, 5.41) is 13.9. The smallest absolute Gasteiger partial charge is 0.304 e. The van der Waals surface area contributed by atoms with E-state index in [-0.39, 0.29) is 12.5 Å². The highest BCUT2D eigenvalue weighted by atomic mass is 35.5. The van der Waals surface area contributed by atoms with Gasteiger partial charge < -0.3 is 5.11 Å². The van der Waals surface area contributed by atoms with Crippen molar-refractivity contribution in [3.05, 3.63) is 49.8 Å². The van der Waals surface area contributed by atoms with Crippen LogP contribution >= 0.6 is 34.3 Å². The molecule has 1 atom stereocenters. The maximum atomic E-state index is 11.0. The average molecular weight is 382 g/mol. The molecule has 0 amide bonds. The molecule has 3 rings (SSSR count). The van der Waals surface area contributed by atoms with Crippen LogP contribution in [0.4, 0.5) is 0 Å². The normalized spacial score (nSPS) is 19.0. The molecule has 0 aliphatic carbocycles. The van der Waals surface area contributed by atoms with Crippen molar-refractivity contribution in [3.63, 3.8) is 0 Å². The Morgan fingerprint density at radius 2 is 2.25 bits per heavy atom. The minimum atomic E-state index is -0.702. The SMILES string of the molecule is O=C(O)C[C@@H]1CCCN1CCC=C(c1cccs1)c1sccc1Cl. The van der Waals surface area contributed by atoms with E-state index >= 15 is 0 Å². The molecule has 0 aromatic carbocycles. The van der Waals surface area contributed by atoms with E-state index in [9.17, 15) is 4.79 Å². The monoisotopic (exact) mass is 381 g/mol. The molecule has 1 N–H and O–H groups in total. The Morgan fingerprint density at radius 1 is 1.38 bits per heavy atom. The summed E-state index contributed by atoms with van der Waals surface area (Å²) in [6.07, 6.45) is 5.48.